The second kappa shape index (κ2) is 8.01. The zero-order chi connectivity index (χ0) is 16.0. The van der Waals surface area contributed by atoms with E-state index in [-0.39, 0.29) is 10.8 Å². The van der Waals surface area contributed by atoms with Crippen molar-refractivity contribution >= 4 is 17.9 Å². The minimum Gasteiger partial charge on any atom is -0.381 e. The molecule has 0 heterocycles. The molecule has 0 fully saturated rings. The summed E-state index contributed by atoms with van der Waals surface area (Å²) in [7, 11) is 2.10. The van der Waals surface area contributed by atoms with Gasteiger partial charge in [-0.2, -0.15) is 0 Å². The minimum atomic E-state index is -0.161. The zero-order valence-electron chi connectivity index (χ0n) is 13.9. The maximum absolute atomic E-state index is 11.8. The fourth-order valence-electron chi connectivity index (χ4n) is 2.34. The van der Waals surface area contributed by atoms with Crippen LogP contribution >= 0.6 is 12.2 Å². The molecule has 1 aromatic carbocycles. The third-order valence-electron chi connectivity index (χ3n) is 3.43. The van der Waals surface area contributed by atoms with Crippen molar-refractivity contribution in [3.05, 3.63) is 20.3 Å². The molecule has 0 aliphatic rings. The predicted octanol–water partition coefficient (Wildman–Crippen LogP) is 2.72. The Bertz CT molecular complexity index is 513. The highest BCUT2D eigenvalue weighted by molar-refractivity contribution is 7.71. The maximum Gasteiger partial charge on any atom is 0.204 e. The van der Waals surface area contributed by atoms with Crippen LogP contribution in [0.25, 0.3) is 0 Å². The van der Waals surface area contributed by atoms with Crippen LogP contribution in [0, 0.1) is 4.51 Å². The van der Waals surface area contributed by atoms with Crippen LogP contribution in [-0.4, -0.2) is 44.8 Å². The van der Waals surface area contributed by atoms with E-state index < -0.39 is 0 Å². The zero-order valence-corrected chi connectivity index (χ0v) is 14.7. The summed E-state index contributed by atoms with van der Waals surface area (Å²) in [5.74, 6) is 0. The van der Waals surface area contributed by atoms with Crippen molar-refractivity contribution in [2.75, 3.05) is 45.2 Å². The van der Waals surface area contributed by atoms with Gasteiger partial charge in [0.15, 0.2) is 0 Å². The van der Waals surface area contributed by atoms with Crippen LogP contribution in [0.2, 0.25) is 0 Å². The molecule has 21 heavy (non-hydrogen) atoms. The van der Waals surface area contributed by atoms with Crippen molar-refractivity contribution in [2.24, 2.45) is 0 Å². The lowest BCUT2D eigenvalue weighted by Crippen LogP contribution is -2.31. The largest absolute Gasteiger partial charge is 0.381 e. The van der Waals surface area contributed by atoms with Gasteiger partial charge in [0.25, 0.3) is 0 Å². The fraction of sp³-hybridized carbons (Fsp3) is 0.750. The first kappa shape index (κ1) is 18.3. The molecule has 4 nitrogen and oxygen atoms in total. The lowest BCUT2D eigenvalue weighted by Gasteiger charge is -2.25. The number of ether oxygens (including phenoxy) is 1. The second-order valence-electron chi connectivity index (χ2n) is 6.50. The van der Waals surface area contributed by atoms with E-state index in [1.165, 1.54) is 0 Å². The lowest BCUT2D eigenvalue weighted by atomic mass is 9.83. The van der Waals surface area contributed by atoms with E-state index in [9.17, 15) is 4.79 Å². The Kier molecular flexibility index (Phi) is 6.97. The highest BCUT2D eigenvalue weighted by Crippen LogP contribution is 2.29. The van der Waals surface area contributed by atoms with E-state index in [1.807, 2.05) is 20.8 Å². The van der Waals surface area contributed by atoms with Gasteiger partial charge in [0.05, 0.1) is 18.9 Å². The molecular weight excluding hydrogens is 284 g/mol. The number of nitrogens with one attached hydrogen (secondary N) is 1. The number of hydrogen-bond donors (Lipinski definition) is 1. The van der Waals surface area contributed by atoms with Crippen molar-refractivity contribution in [1.29, 1.82) is 0 Å². The molecule has 1 N–H and O–H groups in total. The summed E-state index contributed by atoms with van der Waals surface area (Å²) in [5.41, 5.74) is 1.51. The first-order valence-electron chi connectivity index (χ1n) is 7.63. The molecule has 0 amide bonds. The summed E-state index contributed by atoms with van der Waals surface area (Å²) in [6.45, 7) is 12.3. The molecule has 0 radical (unpaired) electrons. The Morgan fingerprint density at radius 3 is 2.48 bits per heavy atom. The van der Waals surface area contributed by atoms with Crippen LogP contribution in [0.15, 0.2) is 4.79 Å². The molecule has 0 saturated carbocycles. The Morgan fingerprint density at radius 2 is 1.90 bits per heavy atom. The molecule has 1 aromatic rings. The molecule has 0 atom stereocenters. The van der Waals surface area contributed by atoms with Gasteiger partial charge in [0, 0.05) is 18.7 Å². The van der Waals surface area contributed by atoms with Gasteiger partial charge in [-0.25, -0.2) is 0 Å². The van der Waals surface area contributed by atoms with E-state index in [2.05, 4.69) is 24.2 Å². The molecule has 0 saturated heterocycles. The Balaban J connectivity index is 2.30. The number of rotatable bonds is 9. The third kappa shape index (κ3) is 5.16. The van der Waals surface area contributed by atoms with Crippen LogP contribution in [0.3, 0.4) is 0 Å². The van der Waals surface area contributed by atoms with E-state index in [0.717, 1.165) is 37.4 Å². The number of anilines is 1. The number of hydrogen-bond acceptors (Lipinski definition) is 5. The molecule has 1 rings (SSSR count). The van der Waals surface area contributed by atoms with Gasteiger partial charge in [-0.05, 0) is 25.4 Å². The average Bonchev–Trinajstić information content (AvgIpc) is 2.39. The molecule has 120 valence electrons. The average molecular weight is 312 g/mol. The van der Waals surface area contributed by atoms with E-state index in [4.69, 9.17) is 17.0 Å². The van der Waals surface area contributed by atoms with Gasteiger partial charge in [-0.1, -0.05) is 39.9 Å². The minimum absolute atomic E-state index is 0.0158. The van der Waals surface area contributed by atoms with Gasteiger partial charge in [0.2, 0.25) is 5.43 Å². The van der Waals surface area contributed by atoms with Crippen LogP contribution in [0.5, 0.6) is 0 Å². The summed E-state index contributed by atoms with van der Waals surface area (Å²) in [6.07, 6.45) is 1.16. The van der Waals surface area contributed by atoms with Crippen molar-refractivity contribution in [3.63, 3.8) is 0 Å². The number of likely N-dealkylation sites (N-methyl/N-ethyl adjacent to an activating group) is 1. The summed E-state index contributed by atoms with van der Waals surface area (Å²) in [5, 5.41) is 3.25. The van der Waals surface area contributed by atoms with Gasteiger partial charge in [-0.15, -0.1) is 0 Å². The molecule has 0 aliphatic heterocycles. The smallest absolute Gasteiger partial charge is 0.204 e. The van der Waals surface area contributed by atoms with Crippen LogP contribution in [-0.2, 0) is 10.2 Å². The first-order chi connectivity index (χ1) is 9.79. The van der Waals surface area contributed by atoms with Gasteiger partial charge >= 0.3 is 0 Å². The van der Waals surface area contributed by atoms with Crippen molar-refractivity contribution in [2.45, 2.75) is 39.5 Å². The summed E-state index contributed by atoms with van der Waals surface area (Å²) in [4.78, 5) is 14.1. The predicted molar refractivity (Wildman–Crippen MR) is 91.7 cm³/mol. The van der Waals surface area contributed by atoms with E-state index in [0.29, 0.717) is 17.7 Å². The summed E-state index contributed by atoms with van der Waals surface area (Å²) < 4.78 is 6.03. The molecule has 0 aliphatic carbocycles. The number of nitrogens with zero attached hydrogens (tertiary/aromatic N) is 1. The Hall–Kier alpha value is -0.780. The SMILES string of the molecule is CCCN(C)CCOCCNc1c(C(C)(C)C)c(=O)c1=S. The van der Waals surface area contributed by atoms with Gasteiger partial charge in [-0.3, -0.25) is 4.79 Å². The summed E-state index contributed by atoms with van der Waals surface area (Å²) in [6, 6.07) is 0. The fourth-order valence-corrected chi connectivity index (χ4v) is 2.62. The van der Waals surface area contributed by atoms with E-state index in [1.54, 1.807) is 0 Å². The molecule has 0 spiro atoms. The van der Waals surface area contributed by atoms with E-state index >= 15 is 0 Å². The lowest BCUT2D eigenvalue weighted by molar-refractivity contribution is 0.119. The molecule has 0 unspecified atom stereocenters. The Labute approximate surface area is 133 Å². The highest BCUT2D eigenvalue weighted by Gasteiger charge is 2.27. The molecule has 0 bridgehead atoms. The van der Waals surface area contributed by atoms with Crippen molar-refractivity contribution < 1.29 is 4.74 Å². The maximum atomic E-state index is 11.8. The van der Waals surface area contributed by atoms with Gasteiger partial charge in [0.1, 0.15) is 4.51 Å². The molecular formula is C16H28N2O2S. The standard InChI is InChI=1S/C16H28N2O2S/c1-6-8-18(5)9-11-20-10-7-17-13-12(16(2,3)4)14(19)15(13)21/h17H,6-11H2,1-5H3. The normalized spacial score (nSPS) is 12.3. The van der Waals surface area contributed by atoms with Crippen LogP contribution < -0.4 is 10.7 Å². The highest BCUT2D eigenvalue weighted by atomic mass is 32.1. The van der Waals surface area contributed by atoms with Crippen molar-refractivity contribution in [3.8, 4) is 0 Å². The first-order valence-corrected chi connectivity index (χ1v) is 8.03. The molecule has 0 aromatic heterocycles. The van der Waals surface area contributed by atoms with Crippen molar-refractivity contribution in [1.82, 2.24) is 4.90 Å². The monoisotopic (exact) mass is 312 g/mol. The quantitative estimate of drug-likeness (QED) is 0.561. The second-order valence-corrected chi connectivity index (χ2v) is 6.91. The summed E-state index contributed by atoms with van der Waals surface area (Å²) >= 11 is 5.12. The van der Waals surface area contributed by atoms with Crippen LogP contribution in [0.4, 0.5) is 5.69 Å². The van der Waals surface area contributed by atoms with Gasteiger partial charge < -0.3 is 15.0 Å². The molecule has 5 heteroatoms. The van der Waals surface area contributed by atoms with Crippen LogP contribution in [0.1, 0.15) is 39.7 Å². The topological polar surface area (TPSA) is 41.6 Å². The third-order valence-corrected chi connectivity index (χ3v) is 3.82. The Morgan fingerprint density at radius 1 is 1.24 bits per heavy atom.